The van der Waals surface area contributed by atoms with Crippen LogP contribution >= 0.6 is 0 Å². The standard InChI is InChI=1S/C26H26N4O2/c1-17-6-5-7-20(14-17)30-13-12-29(16-18(30)2)26(32)19-10-11-23-24(15-19)28-25(31)21-8-3-4-9-22(21)27-23/h3-11,14-15,18,27H,12-13,16H2,1-2H3,(H,28,31). The van der Waals surface area contributed by atoms with Crippen LogP contribution in [0.3, 0.4) is 0 Å². The largest absolute Gasteiger partial charge is 0.365 e. The number of piperazine rings is 1. The van der Waals surface area contributed by atoms with E-state index in [4.69, 9.17) is 0 Å². The fourth-order valence-electron chi connectivity index (χ4n) is 4.53. The SMILES string of the molecule is Cc1cccc(N2CCN(C(=O)c3ccc4c(c3)NC(=O)c3ccccc3N4)CC2C)c1. The Morgan fingerprint density at radius 2 is 1.75 bits per heavy atom. The minimum absolute atomic E-state index is 0.0143. The maximum atomic E-state index is 13.3. The lowest BCUT2D eigenvalue weighted by Crippen LogP contribution is -2.53. The quantitative estimate of drug-likeness (QED) is 0.626. The second-order valence-corrected chi connectivity index (χ2v) is 8.52. The van der Waals surface area contributed by atoms with Crippen molar-refractivity contribution in [3.63, 3.8) is 0 Å². The molecule has 1 saturated heterocycles. The molecule has 3 aromatic carbocycles. The van der Waals surface area contributed by atoms with E-state index in [1.54, 1.807) is 12.1 Å². The highest BCUT2D eigenvalue weighted by Gasteiger charge is 2.28. The van der Waals surface area contributed by atoms with Gasteiger partial charge in [-0.05, 0) is 61.9 Å². The van der Waals surface area contributed by atoms with Crippen molar-refractivity contribution in [3.05, 3.63) is 83.4 Å². The normalized spacial score (nSPS) is 17.6. The van der Waals surface area contributed by atoms with Crippen molar-refractivity contribution >= 4 is 34.6 Å². The molecule has 6 heteroatoms. The van der Waals surface area contributed by atoms with Gasteiger partial charge in [0.1, 0.15) is 0 Å². The van der Waals surface area contributed by atoms with Gasteiger partial charge < -0.3 is 20.4 Å². The van der Waals surface area contributed by atoms with Gasteiger partial charge in [0.05, 0.1) is 22.6 Å². The summed E-state index contributed by atoms with van der Waals surface area (Å²) in [6.45, 7) is 6.34. The fourth-order valence-corrected chi connectivity index (χ4v) is 4.53. The summed E-state index contributed by atoms with van der Waals surface area (Å²) >= 11 is 0. The third kappa shape index (κ3) is 3.68. The van der Waals surface area contributed by atoms with E-state index in [2.05, 4.69) is 53.6 Å². The predicted octanol–water partition coefficient (Wildman–Crippen LogP) is 4.66. The van der Waals surface area contributed by atoms with Gasteiger partial charge in [0.15, 0.2) is 0 Å². The smallest absolute Gasteiger partial charge is 0.257 e. The molecule has 5 rings (SSSR count). The summed E-state index contributed by atoms with van der Waals surface area (Å²) in [4.78, 5) is 30.2. The Balaban J connectivity index is 1.34. The van der Waals surface area contributed by atoms with Crippen molar-refractivity contribution in [3.8, 4) is 0 Å². The van der Waals surface area contributed by atoms with Crippen LogP contribution in [0.25, 0.3) is 0 Å². The number of amides is 2. The molecule has 1 fully saturated rings. The zero-order valence-electron chi connectivity index (χ0n) is 18.3. The second-order valence-electron chi connectivity index (χ2n) is 8.52. The van der Waals surface area contributed by atoms with E-state index in [0.29, 0.717) is 29.9 Å². The van der Waals surface area contributed by atoms with Crippen molar-refractivity contribution < 1.29 is 9.59 Å². The van der Waals surface area contributed by atoms with E-state index in [1.165, 1.54) is 11.3 Å². The molecule has 0 spiro atoms. The molecular formula is C26H26N4O2. The van der Waals surface area contributed by atoms with Gasteiger partial charge in [-0.15, -0.1) is 0 Å². The van der Waals surface area contributed by atoms with Crippen LogP contribution in [0.15, 0.2) is 66.7 Å². The fraction of sp³-hybridized carbons (Fsp3) is 0.231. The molecule has 6 nitrogen and oxygen atoms in total. The maximum Gasteiger partial charge on any atom is 0.257 e. The molecular weight excluding hydrogens is 400 g/mol. The van der Waals surface area contributed by atoms with Crippen molar-refractivity contribution in [2.24, 2.45) is 0 Å². The van der Waals surface area contributed by atoms with Crippen LogP contribution in [0.2, 0.25) is 0 Å². The van der Waals surface area contributed by atoms with Crippen LogP contribution in [0.5, 0.6) is 0 Å². The number of carbonyl (C=O) groups is 2. The van der Waals surface area contributed by atoms with E-state index in [9.17, 15) is 9.59 Å². The first-order chi connectivity index (χ1) is 15.5. The lowest BCUT2D eigenvalue weighted by Gasteiger charge is -2.41. The maximum absolute atomic E-state index is 13.3. The molecule has 1 atom stereocenters. The van der Waals surface area contributed by atoms with Gasteiger partial charge >= 0.3 is 0 Å². The predicted molar refractivity (Wildman–Crippen MR) is 128 cm³/mol. The highest BCUT2D eigenvalue weighted by atomic mass is 16.2. The third-order valence-electron chi connectivity index (χ3n) is 6.20. The average Bonchev–Trinajstić information content (AvgIpc) is 2.93. The third-order valence-corrected chi connectivity index (χ3v) is 6.20. The molecule has 2 aliphatic heterocycles. The van der Waals surface area contributed by atoms with Crippen LogP contribution in [-0.2, 0) is 0 Å². The number of aryl methyl sites for hydroxylation is 1. The Hall–Kier alpha value is -3.80. The van der Waals surface area contributed by atoms with Crippen molar-refractivity contribution in [1.29, 1.82) is 0 Å². The molecule has 0 bridgehead atoms. The number of nitrogens with one attached hydrogen (secondary N) is 2. The summed E-state index contributed by atoms with van der Waals surface area (Å²) in [6, 6.07) is 21.5. The number of nitrogens with zero attached hydrogens (tertiary/aromatic N) is 2. The minimum Gasteiger partial charge on any atom is -0.365 e. The number of carbonyl (C=O) groups excluding carboxylic acids is 2. The molecule has 0 aliphatic carbocycles. The molecule has 0 radical (unpaired) electrons. The molecule has 2 heterocycles. The van der Waals surface area contributed by atoms with Gasteiger partial charge in [-0.3, -0.25) is 9.59 Å². The lowest BCUT2D eigenvalue weighted by atomic mass is 10.1. The van der Waals surface area contributed by atoms with Gasteiger partial charge in [0.2, 0.25) is 0 Å². The molecule has 1 unspecified atom stereocenters. The molecule has 0 saturated carbocycles. The summed E-state index contributed by atoms with van der Waals surface area (Å²) in [6.07, 6.45) is 0. The summed E-state index contributed by atoms with van der Waals surface area (Å²) < 4.78 is 0. The van der Waals surface area contributed by atoms with Gasteiger partial charge in [-0.1, -0.05) is 24.3 Å². The number of rotatable bonds is 2. The number of hydrogen-bond donors (Lipinski definition) is 2. The molecule has 2 aliphatic rings. The van der Waals surface area contributed by atoms with Crippen molar-refractivity contribution in [1.82, 2.24) is 4.90 Å². The summed E-state index contributed by atoms with van der Waals surface area (Å²) in [5.41, 5.74) is 5.73. The first kappa shape index (κ1) is 20.1. The van der Waals surface area contributed by atoms with Crippen LogP contribution < -0.4 is 15.5 Å². The number of fused-ring (bicyclic) bond motifs is 2. The van der Waals surface area contributed by atoms with E-state index >= 15 is 0 Å². The number of para-hydroxylation sites is 1. The monoisotopic (exact) mass is 426 g/mol. The summed E-state index contributed by atoms with van der Waals surface area (Å²) in [7, 11) is 0. The summed E-state index contributed by atoms with van der Waals surface area (Å²) in [5, 5.41) is 6.24. The van der Waals surface area contributed by atoms with E-state index in [-0.39, 0.29) is 17.9 Å². The number of hydrogen-bond acceptors (Lipinski definition) is 4. The zero-order valence-corrected chi connectivity index (χ0v) is 18.3. The lowest BCUT2D eigenvalue weighted by molar-refractivity contribution is 0.0726. The van der Waals surface area contributed by atoms with Crippen molar-refractivity contribution in [2.75, 3.05) is 35.2 Å². The first-order valence-electron chi connectivity index (χ1n) is 10.9. The van der Waals surface area contributed by atoms with Crippen LogP contribution in [0, 0.1) is 6.92 Å². The highest BCUT2D eigenvalue weighted by Crippen LogP contribution is 2.33. The summed E-state index contributed by atoms with van der Waals surface area (Å²) in [5.74, 6) is -0.198. The minimum atomic E-state index is -0.183. The highest BCUT2D eigenvalue weighted by molar-refractivity contribution is 6.12. The van der Waals surface area contributed by atoms with Gasteiger partial charge in [-0.25, -0.2) is 0 Å². The van der Waals surface area contributed by atoms with E-state index in [0.717, 1.165) is 17.9 Å². The van der Waals surface area contributed by atoms with E-state index in [1.807, 2.05) is 35.2 Å². The Labute approximate surface area is 187 Å². The molecule has 3 aromatic rings. The Bertz CT molecular complexity index is 1210. The topological polar surface area (TPSA) is 64.7 Å². The van der Waals surface area contributed by atoms with Crippen LogP contribution in [0.1, 0.15) is 33.2 Å². The molecule has 2 amide bonds. The Morgan fingerprint density at radius 3 is 2.56 bits per heavy atom. The van der Waals surface area contributed by atoms with Gasteiger partial charge in [0, 0.05) is 36.9 Å². The number of anilines is 4. The number of benzene rings is 3. The van der Waals surface area contributed by atoms with E-state index < -0.39 is 0 Å². The Kier molecular flexibility index (Phi) is 5.05. The van der Waals surface area contributed by atoms with Crippen molar-refractivity contribution in [2.45, 2.75) is 19.9 Å². The zero-order chi connectivity index (χ0) is 22.2. The molecule has 0 aromatic heterocycles. The second kappa shape index (κ2) is 8.04. The average molecular weight is 427 g/mol. The Morgan fingerprint density at radius 1 is 0.906 bits per heavy atom. The molecule has 2 N–H and O–H groups in total. The molecule has 32 heavy (non-hydrogen) atoms. The first-order valence-corrected chi connectivity index (χ1v) is 10.9. The van der Waals surface area contributed by atoms with Gasteiger partial charge in [-0.2, -0.15) is 0 Å². The molecule has 162 valence electrons. The van der Waals surface area contributed by atoms with Crippen LogP contribution in [-0.4, -0.2) is 42.4 Å². The van der Waals surface area contributed by atoms with Gasteiger partial charge in [0.25, 0.3) is 11.8 Å². The van der Waals surface area contributed by atoms with Crippen LogP contribution in [0.4, 0.5) is 22.7 Å².